The van der Waals surface area contributed by atoms with E-state index in [1.165, 1.54) is 86.3 Å². The Morgan fingerprint density at radius 2 is 1.21 bits per heavy atom. The predicted octanol–water partition coefficient (Wildman–Crippen LogP) is 14.0. The zero-order chi connectivity index (χ0) is 33.9. The largest absolute Gasteiger partial charge is 0.456 e. The summed E-state index contributed by atoms with van der Waals surface area (Å²) in [5, 5.41) is 10.1. The van der Waals surface area contributed by atoms with E-state index in [9.17, 15) is 0 Å². The van der Waals surface area contributed by atoms with Gasteiger partial charge in [-0.15, -0.1) is 11.3 Å². The van der Waals surface area contributed by atoms with Crippen LogP contribution in [-0.2, 0) is 0 Å². The van der Waals surface area contributed by atoms with Crippen LogP contribution in [0.4, 0.5) is 0 Å². The minimum atomic E-state index is 0.928. The molecular weight excluding hydrogens is 653 g/mol. The summed E-state index contributed by atoms with van der Waals surface area (Å²) < 4.78 is 13.9. The molecule has 0 fully saturated rings. The molecule has 0 atom stereocenters. The molecule has 0 N–H and O–H groups in total. The molecule has 0 saturated carbocycles. The number of benzene rings is 7. The van der Waals surface area contributed by atoms with Crippen LogP contribution in [0.25, 0.3) is 108 Å². The Bertz CT molecular complexity index is 3350. The van der Waals surface area contributed by atoms with E-state index in [1.54, 1.807) is 0 Å². The number of furan rings is 1. The fourth-order valence-corrected chi connectivity index (χ4v) is 9.98. The first kappa shape index (κ1) is 28.3. The molecule has 0 spiro atoms. The highest BCUT2D eigenvalue weighted by Crippen LogP contribution is 2.45. The normalized spacial score (nSPS) is 13.7. The number of fused-ring (bicyclic) bond motifs is 13. The smallest absolute Gasteiger partial charge is 0.137 e. The lowest BCUT2D eigenvalue weighted by molar-refractivity contribution is 0.669. The third-order valence-electron chi connectivity index (χ3n) is 11.2. The third-order valence-corrected chi connectivity index (χ3v) is 12.3. The number of thiophene rings is 1. The number of allylic oxidation sites excluding steroid dienone is 4. The van der Waals surface area contributed by atoms with Gasteiger partial charge < -0.3 is 13.6 Å². The lowest BCUT2D eigenvalue weighted by atomic mass is 9.99. The molecule has 1 aliphatic carbocycles. The van der Waals surface area contributed by atoms with Gasteiger partial charge in [0, 0.05) is 69.9 Å². The van der Waals surface area contributed by atoms with Crippen molar-refractivity contribution in [2.24, 2.45) is 0 Å². The number of hydrogen-bond donors (Lipinski definition) is 0. The van der Waals surface area contributed by atoms with Gasteiger partial charge >= 0.3 is 0 Å². The summed E-state index contributed by atoms with van der Waals surface area (Å²) in [6, 6.07) is 51.3. The first-order valence-corrected chi connectivity index (χ1v) is 18.8. The zero-order valence-corrected chi connectivity index (χ0v) is 29.0. The summed E-state index contributed by atoms with van der Waals surface area (Å²) in [4.78, 5) is 0. The maximum Gasteiger partial charge on any atom is 0.137 e. The Morgan fingerprint density at radius 1 is 0.481 bits per heavy atom. The molecular formula is C48H30N2OS. The van der Waals surface area contributed by atoms with Gasteiger partial charge in [-0.25, -0.2) is 0 Å². The van der Waals surface area contributed by atoms with Crippen molar-refractivity contribution in [2.45, 2.75) is 12.8 Å². The van der Waals surface area contributed by atoms with Crippen LogP contribution in [0.3, 0.4) is 0 Å². The van der Waals surface area contributed by atoms with Crippen molar-refractivity contribution in [3.8, 4) is 16.8 Å². The maximum absolute atomic E-state index is 6.41. The fraction of sp³-hybridized carbons (Fsp3) is 0.0417. The molecule has 1 aliphatic rings. The predicted molar refractivity (Wildman–Crippen MR) is 222 cm³/mol. The summed E-state index contributed by atoms with van der Waals surface area (Å²) in [5.41, 5.74) is 11.6. The Balaban J connectivity index is 1.15. The highest BCUT2D eigenvalue weighted by molar-refractivity contribution is 7.26. The molecule has 0 saturated heterocycles. The molecule has 4 aromatic heterocycles. The van der Waals surface area contributed by atoms with E-state index in [0.29, 0.717) is 0 Å². The van der Waals surface area contributed by atoms with Gasteiger partial charge in [0.05, 0.1) is 22.1 Å². The van der Waals surface area contributed by atoms with E-state index in [2.05, 4.69) is 161 Å². The van der Waals surface area contributed by atoms with E-state index in [-0.39, 0.29) is 0 Å². The first-order chi connectivity index (χ1) is 25.8. The monoisotopic (exact) mass is 682 g/mol. The van der Waals surface area contributed by atoms with Crippen LogP contribution in [0, 0.1) is 0 Å². The van der Waals surface area contributed by atoms with Crippen LogP contribution in [0.2, 0.25) is 0 Å². The lowest BCUT2D eigenvalue weighted by Gasteiger charge is -2.14. The summed E-state index contributed by atoms with van der Waals surface area (Å²) in [6.45, 7) is 0. The Kier molecular flexibility index (Phi) is 5.77. The van der Waals surface area contributed by atoms with Crippen molar-refractivity contribution < 1.29 is 4.42 Å². The van der Waals surface area contributed by atoms with Crippen molar-refractivity contribution in [3.05, 3.63) is 158 Å². The van der Waals surface area contributed by atoms with Crippen molar-refractivity contribution in [3.63, 3.8) is 0 Å². The van der Waals surface area contributed by atoms with Gasteiger partial charge in [0.15, 0.2) is 0 Å². The molecule has 12 rings (SSSR count). The van der Waals surface area contributed by atoms with Crippen molar-refractivity contribution >= 4 is 103 Å². The van der Waals surface area contributed by atoms with E-state index in [4.69, 9.17) is 4.42 Å². The van der Waals surface area contributed by atoms with Gasteiger partial charge in [-0.2, -0.15) is 0 Å². The molecule has 0 amide bonds. The number of rotatable bonds is 3. The topological polar surface area (TPSA) is 23.0 Å². The molecule has 11 aromatic rings. The molecule has 4 heterocycles. The molecule has 4 heteroatoms. The Labute approximate surface area is 302 Å². The number of nitrogens with zero attached hydrogens (tertiary/aromatic N) is 2. The van der Waals surface area contributed by atoms with E-state index >= 15 is 0 Å². The van der Waals surface area contributed by atoms with Crippen LogP contribution in [0.5, 0.6) is 0 Å². The average molecular weight is 683 g/mol. The second kappa shape index (κ2) is 10.6. The van der Waals surface area contributed by atoms with Crippen molar-refractivity contribution in [1.82, 2.24) is 9.13 Å². The number of hydrogen-bond acceptors (Lipinski definition) is 2. The second-order valence-corrected chi connectivity index (χ2v) is 15.1. The minimum Gasteiger partial charge on any atom is -0.456 e. The molecule has 52 heavy (non-hydrogen) atoms. The van der Waals surface area contributed by atoms with Crippen molar-refractivity contribution in [1.29, 1.82) is 0 Å². The number of aromatic nitrogens is 2. The summed E-state index contributed by atoms with van der Waals surface area (Å²) in [6.07, 6.45) is 8.76. The first-order valence-electron chi connectivity index (χ1n) is 18.0. The molecule has 0 aliphatic heterocycles. The summed E-state index contributed by atoms with van der Waals surface area (Å²) in [7, 11) is 0. The van der Waals surface area contributed by atoms with Crippen LogP contribution in [0.1, 0.15) is 12.8 Å². The van der Waals surface area contributed by atoms with Gasteiger partial charge in [-0.3, -0.25) is 0 Å². The molecule has 0 bridgehead atoms. The summed E-state index contributed by atoms with van der Waals surface area (Å²) in [5.74, 6) is 0. The van der Waals surface area contributed by atoms with Gasteiger partial charge in [0.1, 0.15) is 11.2 Å². The SMILES string of the molecule is C1=CCCC(n2c3ccc(-c4ccc5c(c4)c4c6c(ccc4n5-c4ccccc4)sc4ccccc46)cc3c3cc4c(cc32)oc2ccccc24)=C1. The minimum absolute atomic E-state index is 0.928. The highest BCUT2D eigenvalue weighted by atomic mass is 32.1. The van der Waals surface area contributed by atoms with Crippen LogP contribution < -0.4 is 0 Å². The quantitative estimate of drug-likeness (QED) is 0.182. The molecule has 3 nitrogen and oxygen atoms in total. The molecule has 0 unspecified atom stereocenters. The van der Waals surface area contributed by atoms with Crippen molar-refractivity contribution in [2.75, 3.05) is 0 Å². The maximum atomic E-state index is 6.41. The van der Waals surface area contributed by atoms with Gasteiger partial charge in [0.25, 0.3) is 0 Å². The van der Waals surface area contributed by atoms with E-state index < -0.39 is 0 Å². The third kappa shape index (κ3) is 3.90. The fourth-order valence-electron chi connectivity index (χ4n) is 8.86. The zero-order valence-electron chi connectivity index (χ0n) is 28.1. The molecule has 7 aromatic carbocycles. The standard InChI is InChI=1S/C48H30N2OS/c1-3-11-31(12-4-1)49-40-22-20-30(26-38(40)47-41(49)23-24-46-48(47)34-16-8-10-18-45(34)52-46)29-19-21-39-35(25-29)36-27-37-33-15-7-9-17-43(33)51-44(37)28-42(36)50(39)32-13-5-2-6-14-32/h1-5,7-13,15-28H,6,14H2. The average Bonchev–Trinajstić information content (AvgIpc) is 3.94. The summed E-state index contributed by atoms with van der Waals surface area (Å²) >= 11 is 1.88. The Morgan fingerprint density at radius 3 is 2.06 bits per heavy atom. The highest BCUT2D eigenvalue weighted by Gasteiger charge is 2.21. The lowest BCUT2D eigenvalue weighted by Crippen LogP contribution is -1.98. The Hall–Kier alpha value is -6.36. The van der Waals surface area contributed by atoms with Gasteiger partial charge in [-0.1, -0.05) is 78.9 Å². The molecule has 0 radical (unpaired) electrons. The van der Waals surface area contributed by atoms with Crippen LogP contribution >= 0.6 is 11.3 Å². The second-order valence-electron chi connectivity index (χ2n) is 14.0. The van der Waals surface area contributed by atoms with Gasteiger partial charge in [0.2, 0.25) is 0 Å². The van der Waals surface area contributed by atoms with Gasteiger partial charge in [-0.05, 0) is 96.8 Å². The molecule has 244 valence electrons. The van der Waals surface area contributed by atoms with Crippen LogP contribution in [0.15, 0.2) is 162 Å². The number of para-hydroxylation sites is 2. The van der Waals surface area contributed by atoms with Crippen LogP contribution in [-0.4, -0.2) is 9.13 Å². The van der Waals surface area contributed by atoms with E-state index in [0.717, 1.165) is 34.8 Å². The van der Waals surface area contributed by atoms with E-state index in [1.807, 2.05) is 17.4 Å².